The average molecular weight is 229 g/mol. The largest absolute Gasteiger partial charge is 0.390 e. The van der Waals surface area contributed by atoms with Crippen LogP contribution in [0, 0.1) is 0 Å². The van der Waals surface area contributed by atoms with Gasteiger partial charge in [0.15, 0.2) is 0 Å². The number of rotatable bonds is 3. The lowest BCUT2D eigenvalue weighted by Gasteiger charge is -2.09. The van der Waals surface area contributed by atoms with Crippen LogP contribution in [0.25, 0.3) is 0 Å². The van der Waals surface area contributed by atoms with Crippen molar-refractivity contribution in [1.82, 2.24) is 0 Å². The first-order valence-electron chi connectivity index (χ1n) is 4.68. The van der Waals surface area contributed by atoms with Crippen LogP contribution in [0.1, 0.15) is 18.4 Å². The molecule has 0 amide bonds. The van der Waals surface area contributed by atoms with E-state index in [9.17, 15) is 5.11 Å². The van der Waals surface area contributed by atoms with E-state index in [1.807, 2.05) is 24.5 Å². The number of benzene rings is 1. The van der Waals surface area contributed by atoms with Gasteiger partial charge in [0, 0.05) is 11.3 Å². The summed E-state index contributed by atoms with van der Waals surface area (Å²) >= 11 is 7.72. The van der Waals surface area contributed by atoms with E-state index in [0.717, 1.165) is 34.7 Å². The predicted molar refractivity (Wildman–Crippen MR) is 61.1 cm³/mol. The number of thioether (sulfide) groups is 1. The fourth-order valence-corrected chi connectivity index (χ4v) is 2.41. The van der Waals surface area contributed by atoms with Crippen LogP contribution in [0.15, 0.2) is 23.1 Å². The molecule has 1 fully saturated rings. The first-order chi connectivity index (χ1) is 6.63. The molecule has 1 aromatic rings. The van der Waals surface area contributed by atoms with Crippen LogP contribution < -0.4 is 0 Å². The second kappa shape index (κ2) is 3.76. The zero-order valence-corrected chi connectivity index (χ0v) is 9.66. The second-order valence-corrected chi connectivity index (χ2v) is 5.13. The highest BCUT2D eigenvalue weighted by molar-refractivity contribution is 7.98. The van der Waals surface area contributed by atoms with Gasteiger partial charge in [0.1, 0.15) is 0 Å². The normalized spacial score (nSPS) is 18.2. The van der Waals surface area contributed by atoms with Gasteiger partial charge >= 0.3 is 0 Å². The Morgan fingerprint density at radius 3 is 2.71 bits per heavy atom. The summed E-state index contributed by atoms with van der Waals surface area (Å²) in [6.45, 7) is 0. The monoisotopic (exact) mass is 228 g/mol. The first-order valence-corrected chi connectivity index (χ1v) is 6.28. The summed E-state index contributed by atoms with van der Waals surface area (Å²) in [5.41, 5.74) is 0.706. The Labute approximate surface area is 93.5 Å². The van der Waals surface area contributed by atoms with Crippen LogP contribution in [0.3, 0.4) is 0 Å². The van der Waals surface area contributed by atoms with Crippen LogP contribution in [0.2, 0.25) is 5.02 Å². The molecule has 76 valence electrons. The van der Waals surface area contributed by atoms with Gasteiger partial charge in [0.05, 0.1) is 10.6 Å². The summed E-state index contributed by atoms with van der Waals surface area (Å²) in [6, 6.07) is 6.03. The molecule has 0 atom stereocenters. The lowest BCUT2D eigenvalue weighted by atomic mass is 10.1. The van der Waals surface area contributed by atoms with Gasteiger partial charge in [0.2, 0.25) is 0 Å². The van der Waals surface area contributed by atoms with Gasteiger partial charge in [-0.05, 0) is 36.8 Å². The van der Waals surface area contributed by atoms with Crippen molar-refractivity contribution in [2.75, 3.05) is 6.26 Å². The van der Waals surface area contributed by atoms with Crippen LogP contribution in [-0.4, -0.2) is 17.0 Å². The third-order valence-corrected chi connectivity index (χ3v) is 3.80. The quantitative estimate of drug-likeness (QED) is 0.803. The topological polar surface area (TPSA) is 20.2 Å². The zero-order valence-electron chi connectivity index (χ0n) is 8.09. The summed E-state index contributed by atoms with van der Waals surface area (Å²) in [7, 11) is 0. The minimum absolute atomic E-state index is 0.426. The standard InChI is InChI=1S/C11H13ClOS/c1-14-10-3-2-8(6-9(10)12)7-11(13)4-5-11/h2-3,6,13H,4-5,7H2,1H3. The molecule has 1 saturated carbocycles. The number of hydrogen-bond acceptors (Lipinski definition) is 2. The fraction of sp³-hybridized carbons (Fsp3) is 0.455. The Kier molecular flexibility index (Phi) is 2.78. The predicted octanol–water partition coefficient (Wildman–Crippen LogP) is 3.13. The Balaban J connectivity index is 2.15. The van der Waals surface area contributed by atoms with Crippen molar-refractivity contribution in [3.63, 3.8) is 0 Å². The molecule has 0 heterocycles. The van der Waals surface area contributed by atoms with E-state index in [0.29, 0.717) is 0 Å². The molecule has 1 aliphatic rings. The van der Waals surface area contributed by atoms with Crippen LogP contribution in [-0.2, 0) is 6.42 Å². The number of hydrogen-bond donors (Lipinski definition) is 1. The molecule has 1 aromatic carbocycles. The van der Waals surface area contributed by atoms with E-state index in [4.69, 9.17) is 11.6 Å². The van der Waals surface area contributed by atoms with Gasteiger partial charge in [0.25, 0.3) is 0 Å². The van der Waals surface area contributed by atoms with Crippen molar-refractivity contribution in [1.29, 1.82) is 0 Å². The summed E-state index contributed by atoms with van der Waals surface area (Å²) in [5.74, 6) is 0. The van der Waals surface area contributed by atoms with E-state index < -0.39 is 5.60 Å². The Hall–Kier alpha value is -0.180. The molecular weight excluding hydrogens is 216 g/mol. The van der Waals surface area contributed by atoms with Gasteiger partial charge in [-0.3, -0.25) is 0 Å². The van der Waals surface area contributed by atoms with Crippen molar-refractivity contribution in [2.45, 2.75) is 29.8 Å². The highest BCUT2D eigenvalue weighted by Crippen LogP contribution is 2.39. The number of aliphatic hydroxyl groups is 1. The average Bonchev–Trinajstić information content (AvgIpc) is 2.84. The maximum absolute atomic E-state index is 9.75. The van der Waals surface area contributed by atoms with Gasteiger partial charge in [-0.25, -0.2) is 0 Å². The third kappa shape index (κ3) is 2.25. The minimum Gasteiger partial charge on any atom is -0.390 e. The lowest BCUT2D eigenvalue weighted by Crippen LogP contribution is -2.10. The Bertz CT molecular complexity index is 347. The molecule has 3 heteroatoms. The molecule has 2 rings (SSSR count). The molecule has 14 heavy (non-hydrogen) atoms. The van der Waals surface area contributed by atoms with Crippen molar-refractivity contribution >= 4 is 23.4 Å². The molecule has 0 spiro atoms. The van der Waals surface area contributed by atoms with E-state index in [-0.39, 0.29) is 0 Å². The van der Waals surface area contributed by atoms with Crippen molar-refractivity contribution < 1.29 is 5.11 Å². The molecular formula is C11H13ClOS. The molecule has 1 aliphatic carbocycles. The first kappa shape index (κ1) is 10.3. The fourth-order valence-electron chi connectivity index (χ4n) is 1.52. The maximum Gasteiger partial charge on any atom is 0.0690 e. The highest BCUT2D eigenvalue weighted by Gasteiger charge is 2.40. The van der Waals surface area contributed by atoms with Crippen molar-refractivity contribution in [2.24, 2.45) is 0 Å². The summed E-state index contributed by atoms with van der Waals surface area (Å²) < 4.78 is 0. The lowest BCUT2D eigenvalue weighted by molar-refractivity contribution is 0.151. The van der Waals surface area contributed by atoms with Crippen LogP contribution in [0.4, 0.5) is 0 Å². The SMILES string of the molecule is CSc1ccc(CC2(O)CC2)cc1Cl. The zero-order chi connectivity index (χ0) is 10.2. The molecule has 0 aliphatic heterocycles. The van der Waals surface area contributed by atoms with E-state index in [2.05, 4.69) is 0 Å². The van der Waals surface area contributed by atoms with Gasteiger partial charge in [-0.2, -0.15) is 0 Å². The summed E-state index contributed by atoms with van der Waals surface area (Å²) in [5, 5.41) is 10.5. The Morgan fingerprint density at radius 2 is 2.21 bits per heavy atom. The summed E-state index contributed by atoms with van der Waals surface area (Å²) in [6.07, 6.45) is 4.60. The molecule has 0 bridgehead atoms. The molecule has 1 N–H and O–H groups in total. The van der Waals surface area contributed by atoms with E-state index >= 15 is 0 Å². The maximum atomic E-state index is 9.75. The molecule has 1 nitrogen and oxygen atoms in total. The van der Waals surface area contributed by atoms with Gasteiger partial charge in [-0.15, -0.1) is 11.8 Å². The van der Waals surface area contributed by atoms with Crippen LogP contribution >= 0.6 is 23.4 Å². The molecule has 0 saturated heterocycles. The van der Waals surface area contributed by atoms with Crippen LogP contribution in [0.5, 0.6) is 0 Å². The number of halogens is 1. The third-order valence-electron chi connectivity index (χ3n) is 2.58. The Morgan fingerprint density at radius 1 is 1.50 bits per heavy atom. The smallest absolute Gasteiger partial charge is 0.0690 e. The van der Waals surface area contributed by atoms with E-state index in [1.54, 1.807) is 11.8 Å². The highest BCUT2D eigenvalue weighted by atomic mass is 35.5. The molecule has 0 aromatic heterocycles. The van der Waals surface area contributed by atoms with E-state index in [1.165, 1.54) is 0 Å². The second-order valence-electron chi connectivity index (χ2n) is 3.87. The molecule has 0 unspecified atom stereocenters. The summed E-state index contributed by atoms with van der Waals surface area (Å²) in [4.78, 5) is 1.10. The minimum atomic E-state index is -0.426. The van der Waals surface area contributed by atoms with Crippen molar-refractivity contribution in [3.8, 4) is 0 Å². The van der Waals surface area contributed by atoms with Gasteiger partial charge < -0.3 is 5.11 Å². The molecule has 0 radical (unpaired) electrons. The van der Waals surface area contributed by atoms with Crippen molar-refractivity contribution in [3.05, 3.63) is 28.8 Å². The van der Waals surface area contributed by atoms with Gasteiger partial charge in [-0.1, -0.05) is 17.7 Å².